The molecular weight excluding hydrogens is 374 g/mol. The summed E-state index contributed by atoms with van der Waals surface area (Å²) >= 11 is 0. The zero-order chi connectivity index (χ0) is 20.6. The highest BCUT2D eigenvalue weighted by Gasteiger charge is 2.22. The van der Waals surface area contributed by atoms with Crippen LogP contribution in [0.5, 0.6) is 0 Å². The van der Waals surface area contributed by atoms with E-state index in [0.717, 1.165) is 57.7 Å². The Hall–Kier alpha value is -1.93. The van der Waals surface area contributed by atoms with Crippen molar-refractivity contribution in [1.29, 1.82) is 0 Å². The van der Waals surface area contributed by atoms with Gasteiger partial charge in [-0.1, -0.05) is 0 Å². The molecule has 8 heteroatoms. The number of nitrogens with one attached hydrogen (secondary N) is 1. The number of rotatable bonds is 6. The van der Waals surface area contributed by atoms with Gasteiger partial charge in [-0.2, -0.15) is 0 Å². The van der Waals surface area contributed by atoms with Crippen LogP contribution < -0.4 is 10.2 Å². The van der Waals surface area contributed by atoms with Gasteiger partial charge < -0.3 is 24.9 Å². The minimum absolute atomic E-state index is 0.344. The third kappa shape index (κ3) is 6.27. The molecular formula is C21H34F2N6. The first-order chi connectivity index (χ1) is 14.1. The zero-order valence-corrected chi connectivity index (χ0v) is 17.7. The molecule has 0 bridgehead atoms. The van der Waals surface area contributed by atoms with Crippen LogP contribution in [0.4, 0.5) is 14.5 Å². The Labute approximate surface area is 173 Å². The summed E-state index contributed by atoms with van der Waals surface area (Å²) in [5.41, 5.74) is 0.344. The van der Waals surface area contributed by atoms with E-state index in [0.29, 0.717) is 18.8 Å². The summed E-state index contributed by atoms with van der Waals surface area (Å²) in [7, 11) is 3.98. The molecule has 6 nitrogen and oxygen atoms in total. The summed E-state index contributed by atoms with van der Waals surface area (Å²) in [4.78, 5) is 13.4. The van der Waals surface area contributed by atoms with Crippen molar-refractivity contribution in [3.05, 3.63) is 29.8 Å². The van der Waals surface area contributed by atoms with Crippen LogP contribution in [0.1, 0.15) is 12.8 Å². The van der Waals surface area contributed by atoms with Crippen LogP contribution >= 0.6 is 0 Å². The molecule has 3 rings (SSSR count). The SMILES string of the molecule is CN=C(NCCCCN1CCN(C)CC1)N1CCN(c2cc(F)ccc2F)CC1. The lowest BCUT2D eigenvalue weighted by Crippen LogP contribution is -2.52. The molecule has 2 aliphatic heterocycles. The van der Waals surface area contributed by atoms with Gasteiger partial charge >= 0.3 is 0 Å². The van der Waals surface area contributed by atoms with Gasteiger partial charge in [-0.15, -0.1) is 0 Å². The first-order valence-corrected chi connectivity index (χ1v) is 10.6. The van der Waals surface area contributed by atoms with Gasteiger partial charge in [0.2, 0.25) is 0 Å². The summed E-state index contributed by atoms with van der Waals surface area (Å²) in [5.74, 6) is 0.115. The van der Waals surface area contributed by atoms with Crippen molar-refractivity contribution in [2.75, 3.05) is 84.4 Å². The topological polar surface area (TPSA) is 37.4 Å². The molecule has 2 fully saturated rings. The second kappa shape index (κ2) is 10.7. The highest BCUT2D eigenvalue weighted by Crippen LogP contribution is 2.21. The molecule has 162 valence electrons. The monoisotopic (exact) mass is 408 g/mol. The van der Waals surface area contributed by atoms with Gasteiger partial charge in [0.25, 0.3) is 0 Å². The Balaban J connectivity index is 1.36. The van der Waals surface area contributed by atoms with E-state index in [2.05, 4.69) is 32.1 Å². The van der Waals surface area contributed by atoms with Crippen LogP contribution in [-0.4, -0.2) is 100 Å². The van der Waals surface area contributed by atoms with Gasteiger partial charge in [0.15, 0.2) is 5.96 Å². The maximum Gasteiger partial charge on any atom is 0.193 e. The quantitative estimate of drug-likeness (QED) is 0.441. The Morgan fingerprint density at radius 1 is 1.00 bits per heavy atom. The lowest BCUT2D eigenvalue weighted by molar-refractivity contribution is 0.152. The molecule has 1 aromatic carbocycles. The first kappa shape index (κ1) is 21.8. The number of guanidine groups is 1. The summed E-state index contributed by atoms with van der Waals surface area (Å²) in [6.45, 7) is 9.48. The minimum Gasteiger partial charge on any atom is -0.366 e. The van der Waals surface area contributed by atoms with Gasteiger partial charge in [-0.05, 0) is 38.6 Å². The van der Waals surface area contributed by atoms with Gasteiger partial charge in [0, 0.05) is 72.0 Å². The van der Waals surface area contributed by atoms with Gasteiger partial charge in [0.1, 0.15) is 11.6 Å². The number of likely N-dealkylation sites (N-methyl/N-ethyl adjacent to an activating group) is 1. The van der Waals surface area contributed by atoms with Gasteiger partial charge in [0.05, 0.1) is 5.69 Å². The van der Waals surface area contributed by atoms with E-state index in [1.165, 1.54) is 31.6 Å². The lowest BCUT2D eigenvalue weighted by atomic mass is 10.2. The molecule has 0 saturated carbocycles. The fourth-order valence-electron chi connectivity index (χ4n) is 3.95. The number of unbranched alkanes of at least 4 members (excludes halogenated alkanes) is 1. The molecule has 0 radical (unpaired) electrons. The van der Waals surface area contributed by atoms with E-state index >= 15 is 0 Å². The lowest BCUT2D eigenvalue weighted by Gasteiger charge is -2.37. The van der Waals surface area contributed by atoms with Crippen LogP contribution in [0, 0.1) is 11.6 Å². The molecule has 0 spiro atoms. The average Bonchev–Trinajstić information content (AvgIpc) is 2.74. The van der Waals surface area contributed by atoms with Gasteiger partial charge in [-0.3, -0.25) is 4.99 Å². The summed E-state index contributed by atoms with van der Waals surface area (Å²) in [6, 6.07) is 3.63. The van der Waals surface area contributed by atoms with Crippen molar-refractivity contribution >= 4 is 11.6 Å². The van der Waals surface area contributed by atoms with E-state index in [1.807, 2.05) is 4.90 Å². The smallest absolute Gasteiger partial charge is 0.193 e. The van der Waals surface area contributed by atoms with E-state index in [1.54, 1.807) is 7.05 Å². The van der Waals surface area contributed by atoms with E-state index in [-0.39, 0.29) is 5.82 Å². The molecule has 0 amide bonds. The molecule has 0 atom stereocenters. The average molecular weight is 409 g/mol. The maximum atomic E-state index is 14.0. The van der Waals surface area contributed by atoms with Crippen molar-refractivity contribution in [2.24, 2.45) is 4.99 Å². The van der Waals surface area contributed by atoms with Crippen molar-refractivity contribution in [1.82, 2.24) is 20.0 Å². The van der Waals surface area contributed by atoms with Crippen molar-refractivity contribution in [3.8, 4) is 0 Å². The molecule has 1 N–H and O–H groups in total. The molecule has 2 saturated heterocycles. The second-order valence-corrected chi connectivity index (χ2v) is 7.90. The molecule has 1 aromatic rings. The molecule has 2 heterocycles. The Kier molecular flexibility index (Phi) is 8.06. The minimum atomic E-state index is -0.405. The fraction of sp³-hybridized carbons (Fsp3) is 0.667. The highest BCUT2D eigenvalue weighted by atomic mass is 19.1. The Morgan fingerprint density at radius 2 is 1.72 bits per heavy atom. The van der Waals surface area contributed by atoms with E-state index < -0.39 is 5.82 Å². The number of benzene rings is 1. The number of anilines is 1. The van der Waals surface area contributed by atoms with Crippen LogP contribution in [0.3, 0.4) is 0 Å². The number of hydrogen-bond donors (Lipinski definition) is 1. The van der Waals surface area contributed by atoms with E-state index in [9.17, 15) is 8.78 Å². The molecule has 29 heavy (non-hydrogen) atoms. The van der Waals surface area contributed by atoms with Crippen molar-refractivity contribution in [2.45, 2.75) is 12.8 Å². The van der Waals surface area contributed by atoms with Crippen LogP contribution in [0.25, 0.3) is 0 Å². The van der Waals surface area contributed by atoms with Crippen molar-refractivity contribution < 1.29 is 8.78 Å². The molecule has 0 aromatic heterocycles. The molecule has 0 unspecified atom stereocenters. The third-order valence-corrected chi connectivity index (χ3v) is 5.82. The van der Waals surface area contributed by atoms with Crippen molar-refractivity contribution in [3.63, 3.8) is 0 Å². The number of nitrogens with zero attached hydrogens (tertiary/aromatic N) is 5. The standard InChI is InChI=1S/C21H34F2N6/c1-24-21(25-7-3-4-8-27-11-9-26(2)10-12-27)29-15-13-28(14-16-29)20-17-18(22)5-6-19(20)23/h5-6,17H,3-4,7-16H2,1-2H3,(H,24,25). The predicted molar refractivity (Wildman–Crippen MR) is 115 cm³/mol. The molecule has 0 aliphatic carbocycles. The van der Waals surface area contributed by atoms with Crippen LogP contribution in [0.15, 0.2) is 23.2 Å². The fourth-order valence-corrected chi connectivity index (χ4v) is 3.95. The Morgan fingerprint density at radius 3 is 2.41 bits per heavy atom. The second-order valence-electron chi connectivity index (χ2n) is 7.90. The number of hydrogen-bond acceptors (Lipinski definition) is 4. The van der Waals surface area contributed by atoms with E-state index in [4.69, 9.17) is 0 Å². The Bertz CT molecular complexity index is 667. The normalized spacial score (nSPS) is 19.7. The largest absolute Gasteiger partial charge is 0.366 e. The number of aliphatic imine (C=N–C) groups is 1. The number of piperazine rings is 2. The zero-order valence-electron chi connectivity index (χ0n) is 17.7. The maximum absolute atomic E-state index is 14.0. The first-order valence-electron chi connectivity index (χ1n) is 10.6. The predicted octanol–water partition coefficient (Wildman–Crippen LogP) is 1.69. The summed E-state index contributed by atoms with van der Waals surface area (Å²) in [6.07, 6.45) is 2.29. The summed E-state index contributed by atoms with van der Waals surface area (Å²) in [5, 5.41) is 3.46. The highest BCUT2D eigenvalue weighted by molar-refractivity contribution is 5.80. The summed E-state index contributed by atoms with van der Waals surface area (Å²) < 4.78 is 27.5. The molecule has 2 aliphatic rings. The van der Waals surface area contributed by atoms with Crippen LogP contribution in [-0.2, 0) is 0 Å². The van der Waals surface area contributed by atoms with Gasteiger partial charge in [-0.25, -0.2) is 8.78 Å². The van der Waals surface area contributed by atoms with Crippen LogP contribution in [0.2, 0.25) is 0 Å². The number of halogens is 2. The third-order valence-electron chi connectivity index (χ3n) is 5.82.